The van der Waals surface area contributed by atoms with Crippen molar-refractivity contribution in [1.82, 2.24) is 0 Å². The van der Waals surface area contributed by atoms with Crippen molar-refractivity contribution >= 4 is 76.7 Å². The van der Waals surface area contributed by atoms with E-state index in [1.807, 2.05) is 0 Å². The van der Waals surface area contributed by atoms with Crippen LogP contribution >= 0.6 is 0 Å². The van der Waals surface area contributed by atoms with Crippen LogP contribution < -0.4 is 21.7 Å². The summed E-state index contributed by atoms with van der Waals surface area (Å²) >= 11 is 0. The second-order valence-electron chi connectivity index (χ2n) is 13.2. The first-order valence-electron chi connectivity index (χ1n) is 17.7. The van der Waals surface area contributed by atoms with Gasteiger partial charge in [0.15, 0.2) is 33.3 Å². The number of alkyl halides is 3. The zero-order valence-electron chi connectivity index (χ0n) is 31.2. The second kappa shape index (κ2) is 16.9. The SMILES string of the molecule is O=C(O)c1cc(C(=O)c2ccccc2)c(C(=O)O)cc1C(=O)c1ccccc1.O=S(=O)(O)C(F)(F)F.O=c1c2ccccc2c(=O)c2cc3c(=O)c4ccccc4c(=O)c3cc12. The van der Waals surface area contributed by atoms with Gasteiger partial charge in [0.1, 0.15) is 0 Å². The van der Waals surface area contributed by atoms with Gasteiger partial charge >= 0.3 is 27.6 Å². The number of carboxylic acid groups (broad SMARTS) is 2. The molecule has 62 heavy (non-hydrogen) atoms. The molecule has 0 aliphatic carbocycles. The molecule has 0 saturated carbocycles. The molecule has 0 spiro atoms. The largest absolute Gasteiger partial charge is 0.522 e. The van der Waals surface area contributed by atoms with E-state index in [0.717, 1.165) is 12.1 Å². The Hall–Kier alpha value is -8.02. The summed E-state index contributed by atoms with van der Waals surface area (Å²) in [7, 11) is -5.84. The molecule has 0 aliphatic rings. The summed E-state index contributed by atoms with van der Waals surface area (Å²) in [6, 6.07) is 33.7. The fraction of sp³-hybridized carbons (Fsp3) is 0.0222. The standard InChI is InChI=1S/C22H14O6.C22H10O4.CHF3O3S/c23-19(13-7-3-1-4-8-13)15-11-18(22(27)28)16(12-17(15)21(25)26)20(24)14-9-5-2-6-10-14;23-19-11-5-1-2-6-12(11)20(24)16-10-18-17(9-15(16)19)21(25)13-7-3-4-8-14(13)22(18)26;2-1(3,4)8(5,6)7/h1-12H,(H,25,26)(H,27,28);1-10H;(H,5,6,7). The number of carbonyl (C=O) groups excluding carboxylic acids is 2. The molecule has 3 N–H and O–H groups in total. The van der Waals surface area contributed by atoms with Crippen LogP contribution in [0.2, 0.25) is 0 Å². The van der Waals surface area contributed by atoms with Gasteiger partial charge in [-0.25, -0.2) is 9.59 Å². The molecule has 8 aromatic rings. The highest BCUT2D eigenvalue weighted by atomic mass is 32.2. The molecule has 0 aliphatic heterocycles. The Kier molecular flexibility index (Phi) is 11.9. The van der Waals surface area contributed by atoms with Crippen molar-refractivity contribution in [3.63, 3.8) is 0 Å². The molecule has 8 rings (SSSR count). The van der Waals surface area contributed by atoms with Crippen molar-refractivity contribution in [3.8, 4) is 0 Å². The first-order chi connectivity index (χ1) is 29.2. The summed E-state index contributed by atoms with van der Waals surface area (Å²) in [6.45, 7) is 0. The molecule has 0 atom stereocenters. The van der Waals surface area contributed by atoms with E-state index in [2.05, 4.69) is 0 Å². The van der Waals surface area contributed by atoms with Gasteiger partial charge in [-0.3, -0.25) is 33.3 Å². The average Bonchev–Trinajstić information content (AvgIpc) is 3.26. The van der Waals surface area contributed by atoms with Crippen LogP contribution in [0.15, 0.2) is 153 Å². The summed E-state index contributed by atoms with van der Waals surface area (Å²) in [6.07, 6.45) is 0. The highest BCUT2D eigenvalue weighted by Gasteiger charge is 2.44. The number of fused-ring (bicyclic) bond motifs is 4. The number of aromatic carboxylic acids is 2. The number of carboxylic acids is 2. The summed E-state index contributed by atoms with van der Waals surface area (Å²) in [5.74, 6) is -4.14. The number of hydrogen-bond donors (Lipinski definition) is 3. The van der Waals surface area contributed by atoms with E-state index in [1.165, 1.54) is 36.4 Å². The van der Waals surface area contributed by atoms with E-state index in [0.29, 0.717) is 21.5 Å². The highest BCUT2D eigenvalue weighted by Crippen LogP contribution is 2.25. The highest BCUT2D eigenvalue weighted by molar-refractivity contribution is 7.86. The van der Waals surface area contributed by atoms with Gasteiger partial charge in [0, 0.05) is 65.3 Å². The molecule has 0 heterocycles. The summed E-state index contributed by atoms with van der Waals surface area (Å²) < 4.78 is 57.5. The third-order valence-electron chi connectivity index (χ3n) is 9.44. The van der Waals surface area contributed by atoms with Crippen molar-refractivity contribution in [3.05, 3.63) is 208 Å². The molecule has 0 fully saturated rings. The van der Waals surface area contributed by atoms with Crippen LogP contribution in [-0.2, 0) is 10.1 Å². The summed E-state index contributed by atoms with van der Waals surface area (Å²) in [5, 5.41) is 21.1. The third kappa shape index (κ3) is 8.38. The number of benzene rings is 8. The van der Waals surface area contributed by atoms with Crippen LogP contribution in [0.25, 0.3) is 43.1 Å². The Labute approximate surface area is 344 Å². The first-order valence-corrected chi connectivity index (χ1v) is 19.1. The van der Waals surface area contributed by atoms with Gasteiger partial charge in [-0.15, -0.1) is 0 Å². The Bertz CT molecular complexity index is 3160. The quantitative estimate of drug-likeness (QED) is 0.0697. The maximum atomic E-state index is 12.8. The minimum Gasteiger partial charge on any atom is -0.478 e. The van der Waals surface area contributed by atoms with E-state index in [9.17, 15) is 61.7 Å². The van der Waals surface area contributed by atoms with Gasteiger partial charge < -0.3 is 10.2 Å². The minimum atomic E-state index is -5.84. The lowest BCUT2D eigenvalue weighted by Gasteiger charge is -2.12. The molecular formula is C45H25F3O13S. The zero-order chi connectivity index (χ0) is 45.3. The molecule has 0 unspecified atom stereocenters. The van der Waals surface area contributed by atoms with Crippen molar-refractivity contribution in [2.75, 3.05) is 0 Å². The summed E-state index contributed by atoms with van der Waals surface area (Å²) in [5.41, 5.74) is -7.79. The molecule has 0 amide bonds. The molecular weight excluding hydrogens is 838 g/mol. The van der Waals surface area contributed by atoms with Gasteiger partial charge in [0.25, 0.3) is 0 Å². The molecule has 13 nitrogen and oxygen atoms in total. The molecule has 310 valence electrons. The molecule has 0 bridgehead atoms. The van der Waals surface area contributed by atoms with Crippen molar-refractivity contribution in [2.45, 2.75) is 5.51 Å². The Morgan fingerprint density at radius 1 is 0.403 bits per heavy atom. The van der Waals surface area contributed by atoms with E-state index in [4.69, 9.17) is 13.0 Å². The van der Waals surface area contributed by atoms with E-state index in [-0.39, 0.29) is 65.5 Å². The number of halogens is 3. The van der Waals surface area contributed by atoms with Crippen molar-refractivity contribution in [1.29, 1.82) is 0 Å². The topological polar surface area (TPSA) is 231 Å². The molecule has 17 heteroatoms. The van der Waals surface area contributed by atoms with Crippen molar-refractivity contribution in [2.24, 2.45) is 0 Å². The fourth-order valence-electron chi connectivity index (χ4n) is 6.51. The van der Waals surface area contributed by atoms with Gasteiger partial charge in [0.05, 0.1) is 11.1 Å². The zero-order valence-corrected chi connectivity index (χ0v) is 32.0. The van der Waals surface area contributed by atoms with Crippen LogP contribution in [0.5, 0.6) is 0 Å². The minimum absolute atomic E-state index is 0.174. The van der Waals surface area contributed by atoms with E-state index >= 15 is 0 Å². The number of rotatable bonds is 6. The lowest BCUT2D eigenvalue weighted by Crippen LogP contribution is -2.21. The van der Waals surface area contributed by atoms with Crippen LogP contribution in [0.1, 0.15) is 52.6 Å². The lowest BCUT2D eigenvalue weighted by atomic mass is 9.90. The Morgan fingerprint density at radius 3 is 0.871 bits per heavy atom. The van der Waals surface area contributed by atoms with Crippen LogP contribution in [0.3, 0.4) is 0 Å². The Morgan fingerprint density at radius 2 is 0.645 bits per heavy atom. The maximum absolute atomic E-state index is 12.8. The van der Waals surface area contributed by atoms with Crippen LogP contribution in [0.4, 0.5) is 13.2 Å². The number of hydrogen-bond acceptors (Lipinski definition) is 10. The fourth-order valence-corrected chi connectivity index (χ4v) is 6.51. The van der Waals surface area contributed by atoms with E-state index < -0.39 is 50.3 Å². The third-order valence-corrected chi connectivity index (χ3v) is 10.0. The van der Waals surface area contributed by atoms with Gasteiger partial charge in [-0.1, -0.05) is 109 Å². The van der Waals surface area contributed by atoms with Gasteiger partial charge in [-0.05, 0) is 24.3 Å². The Balaban J connectivity index is 0.000000177. The second-order valence-corrected chi connectivity index (χ2v) is 14.6. The lowest BCUT2D eigenvalue weighted by molar-refractivity contribution is -0.0510. The molecule has 0 radical (unpaired) electrons. The molecule has 8 aromatic carbocycles. The van der Waals surface area contributed by atoms with E-state index in [1.54, 1.807) is 84.9 Å². The predicted molar refractivity (Wildman–Crippen MR) is 222 cm³/mol. The van der Waals surface area contributed by atoms with Gasteiger partial charge in [-0.2, -0.15) is 21.6 Å². The average molecular weight is 863 g/mol. The molecule has 0 saturated heterocycles. The first kappa shape index (κ1) is 43.6. The summed E-state index contributed by atoms with van der Waals surface area (Å²) in [4.78, 5) is 100. The van der Waals surface area contributed by atoms with Crippen LogP contribution in [-0.4, -0.2) is 52.2 Å². The number of ketones is 2. The monoisotopic (exact) mass is 862 g/mol. The van der Waals surface area contributed by atoms with Crippen molar-refractivity contribution < 1.29 is 55.5 Å². The number of carbonyl (C=O) groups is 4. The van der Waals surface area contributed by atoms with Crippen LogP contribution in [0, 0.1) is 0 Å². The molecule has 0 aromatic heterocycles. The maximum Gasteiger partial charge on any atom is 0.522 e. The predicted octanol–water partition coefficient (Wildman–Crippen LogP) is 6.55. The normalized spacial score (nSPS) is 11.4. The van der Waals surface area contributed by atoms with Gasteiger partial charge in [0.2, 0.25) is 0 Å². The smallest absolute Gasteiger partial charge is 0.478 e.